The van der Waals surface area contributed by atoms with Gasteiger partial charge in [0.25, 0.3) is 0 Å². The summed E-state index contributed by atoms with van der Waals surface area (Å²) < 4.78 is 0. The number of anilines is 1. The average molecular weight is 216 g/mol. The molecule has 14 heavy (non-hydrogen) atoms. The van der Waals surface area contributed by atoms with Crippen LogP contribution in [0.4, 0.5) is 5.95 Å². The molecule has 1 unspecified atom stereocenters. The third-order valence-electron chi connectivity index (χ3n) is 1.55. The Labute approximate surface area is 85.3 Å². The van der Waals surface area contributed by atoms with Gasteiger partial charge in [-0.05, 0) is 6.42 Å². The van der Waals surface area contributed by atoms with Crippen molar-refractivity contribution < 1.29 is 9.90 Å². The van der Waals surface area contributed by atoms with E-state index in [1.165, 1.54) is 11.8 Å². The van der Waals surface area contributed by atoms with Crippen molar-refractivity contribution in [3.8, 4) is 0 Å². The molecule has 4 N–H and O–H groups in total. The zero-order chi connectivity index (χ0) is 10.6. The van der Waals surface area contributed by atoms with E-state index in [-0.39, 0.29) is 17.6 Å². The van der Waals surface area contributed by atoms with Crippen LogP contribution in [0.1, 0.15) is 19.8 Å². The Bertz CT molecular complexity index is 314. The number of hydrogen-bond donors (Lipinski definition) is 3. The summed E-state index contributed by atoms with van der Waals surface area (Å²) in [5.74, 6) is -0.509. The number of nitrogens with one attached hydrogen (secondary N) is 1. The highest BCUT2D eigenvalue weighted by molar-refractivity contribution is 7.99. The minimum absolute atomic E-state index is 0.161. The lowest BCUT2D eigenvalue weighted by Crippen LogP contribution is -2.02. The van der Waals surface area contributed by atoms with Crippen LogP contribution >= 0.6 is 11.8 Å². The number of aliphatic carboxylic acids is 1. The highest BCUT2D eigenvalue weighted by atomic mass is 32.2. The van der Waals surface area contributed by atoms with Crippen LogP contribution in [0, 0.1) is 0 Å². The number of aromatic nitrogens is 3. The van der Waals surface area contributed by atoms with Crippen LogP contribution in [0.15, 0.2) is 5.16 Å². The van der Waals surface area contributed by atoms with Crippen LogP contribution in [0.5, 0.6) is 0 Å². The van der Waals surface area contributed by atoms with Crippen molar-refractivity contribution in [3.63, 3.8) is 0 Å². The van der Waals surface area contributed by atoms with Crippen molar-refractivity contribution in [1.29, 1.82) is 0 Å². The van der Waals surface area contributed by atoms with Gasteiger partial charge in [0, 0.05) is 11.7 Å². The molecule has 0 aliphatic rings. The minimum atomic E-state index is -0.785. The zero-order valence-electron chi connectivity index (χ0n) is 7.73. The van der Waals surface area contributed by atoms with Crippen molar-refractivity contribution in [2.45, 2.75) is 30.2 Å². The van der Waals surface area contributed by atoms with Crippen LogP contribution in [0.25, 0.3) is 0 Å². The standard InChI is InChI=1S/C7H12N4O2S/c1-4(2-3-5(12)13)14-7-9-6(8)10-11-7/h4H,2-3H2,1H3,(H,12,13)(H3,8,9,10,11). The molecule has 0 aliphatic carbocycles. The Morgan fingerprint density at radius 3 is 3.00 bits per heavy atom. The fraction of sp³-hybridized carbons (Fsp3) is 0.571. The third-order valence-corrected chi connectivity index (χ3v) is 2.58. The largest absolute Gasteiger partial charge is 0.481 e. The Kier molecular flexibility index (Phi) is 3.75. The molecule has 0 aliphatic heterocycles. The van der Waals surface area contributed by atoms with Crippen molar-refractivity contribution >= 4 is 23.7 Å². The van der Waals surface area contributed by atoms with Crippen LogP contribution in [0.2, 0.25) is 0 Å². The number of rotatable bonds is 5. The lowest BCUT2D eigenvalue weighted by atomic mass is 10.2. The normalized spacial score (nSPS) is 12.6. The minimum Gasteiger partial charge on any atom is -0.481 e. The van der Waals surface area contributed by atoms with E-state index in [0.717, 1.165) is 0 Å². The second-order valence-corrected chi connectivity index (χ2v) is 4.27. The Morgan fingerprint density at radius 1 is 1.79 bits per heavy atom. The van der Waals surface area contributed by atoms with Gasteiger partial charge in [0.2, 0.25) is 11.1 Å². The number of carboxylic acids is 1. The third kappa shape index (κ3) is 3.65. The molecule has 6 nitrogen and oxygen atoms in total. The SMILES string of the molecule is CC(CCC(=O)O)Sc1n[nH]c(N)n1. The zero-order valence-corrected chi connectivity index (χ0v) is 8.54. The van der Waals surface area contributed by atoms with Crippen molar-refractivity contribution in [2.75, 3.05) is 5.73 Å². The monoisotopic (exact) mass is 216 g/mol. The van der Waals surface area contributed by atoms with Gasteiger partial charge in [0.05, 0.1) is 0 Å². The second-order valence-electron chi connectivity index (χ2n) is 2.86. The highest BCUT2D eigenvalue weighted by Gasteiger charge is 2.10. The number of aromatic amines is 1. The molecular weight excluding hydrogens is 204 g/mol. The number of nitrogen functional groups attached to an aromatic ring is 1. The smallest absolute Gasteiger partial charge is 0.303 e. The molecule has 7 heteroatoms. The molecule has 0 bridgehead atoms. The van der Waals surface area contributed by atoms with E-state index < -0.39 is 5.97 Å². The fourth-order valence-corrected chi connectivity index (χ4v) is 1.72. The van der Waals surface area contributed by atoms with Crippen molar-refractivity contribution in [2.24, 2.45) is 0 Å². The molecule has 0 saturated heterocycles. The molecule has 1 atom stereocenters. The van der Waals surface area contributed by atoms with E-state index in [1.807, 2.05) is 6.92 Å². The van der Waals surface area contributed by atoms with Gasteiger partial charge in [-0.3, -0.25) is 4.79 Å². The van der Waals surface area contributed by atoms with E-state index in [1.54, 1.807) is 0 Å². The summed E-state index contributed by atoms with van der Waals surface area (Å²) in [5, 5.41) is 15.5. The van der Waals surface area contributed by atoms with Crippen molar-refractivity contribution in [1.82, 2.24) is 15.2 Å². The van der Waals surface area contributed by atoms with Crippen molar-refractivity contribution in [3.05, 3.63) is 0 Å². The number of nitrogens with two attached hydrogens (primary N) is 1. The Hall–Kier alpha value is -1.24. The first-order valence-corrected chi connectivity index (χ1v) is 5.02. The van der Waals surface area contributed by atoms with Crippen LogP contribution < -0.4 is 5.73 Å². The van der Waals surface area contributed by atoms with E-state index in [4.69, 9.17) is 10.8 Å². The predicted octanol–water partition coefficient (Wildman–Crippen LogP) is 0.732. The van der Waals surface area contributed by atoms with Gasteiger partial charge >= 0.3 is 5.97 Å². The number of carbonyl (C=O) groups is 1. The molecule has 1 rings (SSSR count). The molecule has 0 radical (unpaired) electrons. The number of H-pyrrole nitrogens is 1. The number of nitrogens with zero attached hydrogens (tertiary/aromatic N) is 2. The van der Waals surface area contributed by atoms with E-state index in [0.29, 0.717) is 11.6 Å². The lowest BCUT2D eigenvalue weighted by molar-refractivity contribution is -0.137. The van der Waals surface area contributed by atoms with Crippen LogP contribution in [-0.2, 0) is 4.79 Å². The average Bonchev–Trinajstić information content (AvgIpc) is 2.48. The van der Waals surface area contributed by atoms with Gasteiger partial charge in [-0.15, -0.1) is 5.10 Å². The molecular formula is C7H12N4O2S. The lowest BCUT2D eigenvalue weighted by Gasteiger charge is -2.05. The maximum Gasteiger partial charge on any atom is 0.303 e. The fourth-order valence-electron chi connectivity index (χ4n) is 0.876. The number of carboxylic acid groups (broad SMARTS) is 1. The van der Waals surface area contributed by atoms with E-state index in [9.17, 15) is 4.79 Å². The summed E-state index contributed by atoms with van der Waals surface area (Å²) in [7, 11) is 0. The predicted molar refractivity (Wildman–Crippen MR) is 53.0 cm³/mol. The van der Waals surface area contributed by atoms with Gasteiger partial charge in [0.1, 0.15) is 0 Å². The quantitative estimate of drug-likeness (QED) is 0.627. The molecule has 0 spiro atoms. The Balaban J connectivity index is 2.33. The first-order valence-electron chi connectivity index (χ1n) is 4.14. The highest BCUT2D eigenvalue weighted by Crippen LogP contribution is 2.22. The van der Waals surface area contributed by atoms with Gasteiger partial charge in [0.15, 0.2) is 0 Å². The molecule has 78 valence electrons. The summed E-state index contributed by atoms with van der Waals surface area (Å²) in [6, 6.07) is 0. The van der Waals surface area contributed by atoms with Gasteiger partial charge < -0.3 is 10.8 Å². The molecule has 1 heterocycles. The molecule has 1 aromatic heterocycles. The van der Waals surface area contributed by atoms with Gasteiger partial charge in [-0.2, -0.15) is 4.98 Å². The number of thioether (sulfide) groups is 1. The topological polar surface area (TPSA) is 105 Å². The first-order chi connectivity index (χ1) is 6.58. The summed E-state index contributed by atoms with van der Waals surface area (Å²) in [4.78, 5) is 14.2. The summed E-state index contributed by atoms with van der Waals surface area (Å²) in [5.41, 5.74) is 5.34. The van der Waals surface area contributed by atoms with E-state index in [2.05, 4.69) is 15.2 Å². The maximum atomic E-state index is 10.3. The molecule has 1 aromatic rings. The van der Waals surface area contributed by atoms with Gasteiger partial charge in [-0.25, -0.2) is 5.10 Å². The molecule has 0 fully saturated rings. The van der Waals surface area contributed by atoms with E-state index >= 15 is 0 Å². The van der Waals surface area contributed by atoms with Crippen LogP contribution in [-0.4, -0.2) is 31.5 Å². The molecule has 0 saturated carbocycles. The molecule has 0 amide bonds. The van der Waals surface area contributed by atoms with Gasteiger partial charge in [-0.1, -0.05) is 18.7 Å². The molecule has 0 aromatic carbocycles. The summed E-state index contributed by atoms with van der Waals surface area (Å²) in [6.07, 6.45) is 0.752. The Morgan fingerprint density at radius 2 is 2.50 bits per heavy atom. The maximum absolute atomic E-state index is 10.3. The first kappa shape index (κ1) is 10.8. The second kappa shape index (κ2) is 4.85. The number of hydrogen-bond acceptors (Lipinski definition) is 5. The van der Waals surface area contributed by atoms with Crippen LogP contribution in [0.3, 0.4) is 0 Å². The summed E-state index contributed by atoms with van der Waals surface area (Å²) in [6.45, 7) is 1.93. The summed E-state index contributed by atoms with van der Waals surface area (Å²) >= 11 is 1.41.